The minimum absolute atomic E-state index is 0.179. The van der Waals surface area contributed by atoms with Gasteiger partial charge in [0.25, 0.3) is 0 Å². The summed E-state index contributed by atoms with van der Waals surface area (Å²) in [6.45, 7) is 8.26. The number of amides is 1. The topological polar surface area (TPSA) is 69.6 Å². The third kappa shape index (κ3) is 6.05. The SMILES string of the molecule is CC(C)CC(NC(=O)CN1CCCC(C)C1)C(=O)O. The highest BCUT2D eigenvalue weighted by atomic mass is 16.4. The molecule has 5 nitrogen and oxygen atoms in total. The first kappa shape index (κ1) is 16.0. The summed E-state index contributed by atoms with van der Waals surface area (Å²) in [5, 5.41) is 11.7. The third-order valence-corrected chi connectivity index (χ3v) is 3.45. The molecular formula is C14H26N2O3. The molecular weight excluding hydrogens is 244 g/mol. The Bertz CT molecular complexity index is 318. The van der Waals surface area contributed by atoms with Crippen molar-refractivity contribution in [1.82, 2.24) is 10.2 Å². The first-order chi connectivity index (χ1) is 8.88. The molecule has 0 radical (unpaired) electrons. The maximum atomic E-state index is 11.9. The second-order valence-electron chi connectivity index (χ2n) is 6.07. The zero-order chi connectivity index (χ0) is 14.4. The van der Waals surface area contributed by atoms with E-state index in [0.29, 0.717) is 18.9 Å². The van der Waals surface area contributed by atoms with Crippen molar-refractivity contribution < 1.29 is 14.7 Å². The van der Waals surface area contributed by atoms with Gasteiger partial charge in [0.1, 0.15) is 6.04 Å². The molecule has 1 amide bonds. The molecule has 19 heavy (non-hydrogen) atoms. The number of carboxylic acid groups (broad SMARTS) is 1. The highest BCUT2D eigenvalue weighted by Gasteiger charge is 2.23. The van der Waals surface area contributed by atoms with E-state index in [9.17, 15) is 9.59 Å². The Morgan fingerprint density at radius 3 is 2.63 bits per heavy atom. The van der Waals surface area contributed by atoms with Gasteiger partial charge in [0.15, 0.2) is 0 Å². The van der Waals surface area contributed by atoms with E-state index in [1.165, 1.54) is 6.42 Å². The molecule has 0 bridgehead atoms. The molecule has 1 aliphatic heterocycles. The van der Waals surface area contributed by atoms with Crippen molar-refractivity contribution in [3.63, 3.8) is 0 Å². The van der Waals surface area contributed by atoms with Crippen molar-refractivity contribution in [3.8, 4) is 0 Å². The van der Waals surface area contributed by atoms with Crippen molar-refractivity contribution in [3.05, 3.63) is 0 Å². The molecule has 2 atom stereocenters. The third-order valence-electron chi connectivity index (χ3n) is 3.45. The smallest absolute Gasteiger partial charge is 0.326 e. The second-order valence-corrected chi connectivity index (χ2v) is 6.07. The molecule has 1 fully saturated rings. The van der Waals surface area contributed by atoms with E-state index in [1.807, 2.05) is 13.8 Å². The zero-order valence-electron chi connectivity index (χ0n) is 12.2. The Morgan fingerprint density at radius 1 is 1.42 bits per heavy atom. The van der Waals surface area contributed by atoms with E-state index in [0.717, 1.165) is 19.5 Å². The van der Waals surface area contributed by atoms with Crippen LogP contribution in [0, 0.1) is 11.8 Å². The summed E-state index contributed by atoms with van der Waals surface area (Å²) in [6.07, 6.45) is 2.80. The summed E-state index contributed by atoms with van der Waals surface area (Å²) in [7, 11) is 0. The number of carboxylic acids is 1. The fourth-order valence-electron chi connectivity index (χ4n) is 2.57. The van der Waals surface area contributed by atoms with Crippen molar-refractivity contribution in [2.24, 2.45) is 11.8 Å². The molecule has 0 spiro atoms. The van der Waals surface area contributed by atoms with Gasteiger partial charge in [0.2, 0.25) is 5.91 Å². The molecule has 1 aliphatic rings. The van der Waals surface area contributed by atoms with Crippen molar-refractivity contribution in [2.75, 3.05) is 19.6 Å². The maximum Gasteiger partial charge on any atom is 0.326 e. The summed E-state index contributed by atoms with van der Waals surface area (Å²) in [5.41, 5.74) is 0. The van der Waals surface area contributed by atoms with Gasteiger partial charge < -0.3 is 10.4 Å². The zero-order valence-corrected chi connectivity index (χ0v) is 12.2. The summed E-state index contributed by atoms with van der Waals surface area (Å²) in [6, 6.07) is -0.769. The van der Waals surface area contributed by atoms with Crippen LogP contribution < -0.4 is 5.32 Å². The minimum Gasteiger partial charge on any atom is -0.480 e. The number of carbonyl (C=O) groups excluding carboxylic acids is 1. The van der Waals surface area contributed by atoms with E-state index in [-0.39, 0.29) is 11.8 Å². The van der Waals surface area contributed by atoms with Gasteiger partial charge >= 0.3 is 5.97 Å². The molecule has 0 aromatic rings. The molecule has 2 N–H and O–H groups in total. The van der Waals surface area contributed by atoms with E-state index < -0.39 is 12.0 Å². The molecule has 1 saturated heterocycles. The van der Waals surface area contributed by atoms with Crippen LogP contribution in [0.3, 0.4) is 0 Å². The van der Waals surface area contributed by atoms with Crippen LogP contribution in [0.5, 0.6) is 0 Å². The van der Waals surface area contributed by atoms with E-state index in [4.69, 9.17) is 5.11 Å². The quantitative estimate of drug-likeness (QED) is 0.764. The van der Waals surface area contributed by atoms with Gasteiger partial charge in [-0.25, -0.2) is 4.79 Å². The summed E-state index contributed by atoms with van der Waals surface area (Å²) in [4.78, 5) is 25.1. The van der Waals surface area contributed by atoms with Gasteiger partial charge in [0.05, 0.1) is 6.54 Å². The molecule has 1 rings (SSSR count). The average Bonchev–Trinajstić information content (AvgIpc) is 2.27. The molecule has 110 valence electrons. The lowest BCUT2D eigenvalue weighted by Crippen LogP contribution is -2.47. The minimum atomic E-state index is -0.950. The van der Waals surface area contributed by atoms with Crippen molar-refractivity contribution >= 4 is 11.9 Å². The van der Waals surface area contributed by atoms with Crippen LogP contribution in [-0.4, -0.2) is 47.6 Å². The molecule has 2 unspecified atom stereocenters. The van der Waals surface area contributed by atoms with Gasteiger partial charge in [0, 0.05) is 6.54 Å². The van der Waals surface area contributed by atoms with Crippen LogP contribution in [0.4, 0.5) is 0 Å². The molecule has 0 aromatic carbocycles. The predicted molar refractivity (Wildman–Crippen MR) is 73.9 cm³/mol. The highest BCUT2D eigenvalue weighted by Crippen LogP contribution is 2.14. The van der Waals surface area contributed by atoms with Gasteiger partial charge in [-0.2, -0.15) is 0 Å². The Labute approximate surface area is 115 Å². The monoisotopic (exact) mass is 270 g/mol. The van der Waals surface area contributed by atoms with E-state index >= 15 is 0 Å². The van der Waals surface area contributed by atoms with E-state index in [2.05, 4.69) is 17.1 Å². The Balaban J connectivity index is 2.41. The van der Waals surface area contributed by atoms with Crippen molar-refractivity contribution in [2.45, 2.75) is 46.1 Å². The number of nitrogens with zero attached hydrogens (tertiary/aromatic N) is 1. The molecule has 0 aromatic heterocycles. The number of hydrogen-bond donors (Lipinski definition) is 2. The van der Waals surface area contributed by atoms with Gasteiger partial charge in [-0.3, -0.25) is 9.69 Å². The molecule has 0 aliphatic carbocycles. The Hall–Kier alpha value is -1.10. The van der Waals surface area contributed by atoms with Gasteiger partial charge in [-0.1, -0.05) is 20.8 Å². The summed E-state index contributed by atoms with van der Waals surface area (Å²) >= 11 is 0. The summed E-state index contributed by atoms with van der Waals surface area (Å²) in [5.74, 6) is -0.264. The van der Waals surface area contributed by atoms with Gasteiger partial charge in [-0.15, -0.1) is 0 Å². The molecule has 5 heteroatoms. The van der Waals surface area contributed by atoms with Crippen LogP contribution in [-0.2, 0) is 9.59 Å². The molecule has 1 heterocycles. The maximum absolute atomic E-state index is 11.9. The number of rotatable bonds is 6. The number of aliphatic carboxylic acids is 1. The number of nitrogens with one attached hydrogen (secondary N) is 1. The van der Waals surface area contributed by atoms with Crippen LogP contribution in [0.2, 0.25) is 0 Å². The largest absolute Gasteiger partial charge is 0.480 e. The lowest BCUT2D eigenvalue weighted by Gasteiger charge is -2.30. The van der Waals surface area contributed by atoms with Crippen molar-refractivity contribution in [1.29, 1.82) is 0 Å². The van der Waals surface area contributed by atoms with E-state index in [1.54, 1.807) is 0 Å². The number of hydrogen-bond acceptors (Lipinski definition) is 3. The number of piperidine rings is 1. The lowest BCUT2D eigenvalue weighted by molar-refractivity contribution is -0.142. The summed E-state index contributed by atoms with van der Waals surface area (Å²) < 4.78 is 0. The number of likely N-dealkylation sites (tertiary alicyclic amines) is 1. The van der Waals surface area contributed by atoms with Crippen LogP contribution in [0.25, 0.3) is 0 Å². The first-order valence-electron chi connectivity index (χ1n) is 7.13. The van der Waals surface area contributed by atoms with Gasteiger partial charge in [-0.05, 0) is 37.6 Å². The average molecular weight is 270 g/mol. The second kappa shape index (κ2) is 7.48. The lowest BCUT2D eigenvalue weighted by atomic mass is 10.0. The fourth-order valence-corrected chi connectivity index (χ4v) is 2.57. The Morgan fingerprint density at radius 2 is 2.11 bits per heavy atom. The van der Waals surface area contributed by atoms with Crippen LogP contribution >= 0.6 is 0 Å². The van der Waals surface area contributed by atoms with Crippen LogP contribution in [0.15, 0.2) is 0 Å². The highest BCUT2D eigenvalue weighted by molar-refractivity contribution is 5.84. The standard InChI is InChI=1S/C14H26N2O3/c1-10(2)7-12(14(18)19)15-13(17)9-16-6-4-5-11(3)8-16/h10-12H,4-9H2,1-3H3,(H,15,17)(H,18,19). The predicted octanol–water partition coefficient (Wildman–Crippen LogP) is 1.33. The number of carbonyl (C=O) groups is 2. The molecule has 0 saturated carbocycles. The normalized spacial score (nSPS) is 22.2. The first-order valence-corrected chi connectivity index (χ1v) is 7.13. The fraction of sp³-hybridized carbons (Fsp3) is 0.857. The Kier molecular flexibility index (Phi) is 6.28. The van der Waals surface area contributed by atoms with Crippen LogP contribution in [0.1, 0.15) is 40.0 Å².